The Bertz CT molecular complexity index is 1180. The molecule has 9 nitrogen and oxygen atoms in total. The van der Waals surface area contributed by atoms with Crippen molar-refractivity contribution in [1.29, 1.82) is 0 Å². The second-order valence-electron chi connectivity index (χ2n) is 9.50. The number of nitrogens with zero attached hydrogens (tertiary/aromatic N) is 5. The number of benzene rings is 1. The molecule has 5 heterocycles. The number of pyridine rings is 1. The quantitative estimate of drug-likeness (QED) is 0.569. The zero-order valence-electron chi connectivity index (χ0n) is 18.4. The van der Waals surface area contributed by atoms with Crippen LogP contribution in [0.25, 0.3) is 22.4 Å². The van der Waals surface area contributed by atoms with E-state index in [0.29, 0.717) is 11.7 Å². The van der Waals surface area contributed by atoms with Crippen molar-refractivity contribution < 1.29 is 4.74 Å². The molecule has 0 aliphatic carbocycles. The van der Waals surface area contributed by atoms with Crippen LogP contribution < -0.4 is 26.0 Å². The molecule has 1 aromatic carbocycles. The number of hydrogen-bond acceptors (Lipinski definition) is 9. The maximum Gasteiger partial charge on any atom is 0.225 e. The SMILES string of the molecule is CC1(C)CN(C2CN(c3cnc4ccc(-c5ccc6c(c5)NC(N)O6)nc4n3)C2)CCN1. The molecular formula is C23H28N8O. The first-order valence-corrected chi connectivity index (χ1v) is 11.1. The van der Waals surface area contributed by atoms with Crippen molar-refractivity contribution in [2.24, 2.45) is 5.73 Å². The van der Waals surface area contributed by atoms with Gasteiger partial charge in [0.1, 0.15) is 17.1 Å². The van der Waals surface area contributed by atoms with E-state index in [0.717, 1.165) is 66.8 Å². The van der Waals surface area contributed by atoms with Gasteiger partial charge in [-0.1, -0.05) is 0 Å². The Morgan fingerprint density at radius 2 is 2.03 bits per heavy atom. The highest BCUT2D eigenvalue weighted by atomic mass is 16.5. The van der Waals surface area contributed by atoms with Gasteiger partial charge in [0.05, 0.1) is 17.6 Å². The fraction of sp³-hybridized carbons (Fsp3) is 0.435. The monoisotopic (exact) mass is 432 g/mol. The summed E-state index contributed by atoms with van der Waals surface area (Å²) in [6.07, 6.45) is 1.35. The zero-order valence-corrected chi connectivity index (χ0v) is 18.4. The Morgan fingerprint density at radius 1 is 1.16 bits per heavy atom. The Labute approximate surface area is 187 Å². The third kappa shape index (κ3) is 3.52. The number of aromatic nitrogens is 3. The predicted octanol–water partition coefficient (Wildman–Crippen LogP) is 1.61. The standard InChI is InChI=1S/C23H28N8O/c1-23(2)13-30(8-7-26-23)15-11-31(12-15)20-10-25-17-5-4-16(27-21(17)29-20)14-3-6-19-18(9-14)28-22(24)32-19/h3-6,9-10,15,22,26,28H,7-8,11-13,24H2,1-2H3. The lowest BCUT2D eigenvalue weighted by molar-refractivity contribution is 0.0928. The van der Waals surface area contributed by atoms with E-state index in [2.05, 4.69) is 39.3 Å². The van der Waals surface area contributed by atoms with Crippen LogP contribution in [0.4, 0.5) is 11.5 Å². The average Bonchev–Trinajstić information content (AvgIpc) is 3.10. The molecule has 3 aliphatic rings. The number of piperazine rings is 1. The summed E-state index contributed by atoms with van der Waals surface area (Å²) in [4.78, 5) is 19.1. The summed E-state index contributed by atoms with van der Waals surface area (Å²) in [6, 6.07) is 10.4. The predicted molar refractivity (Wildman–Crippen MR) is 125 cm³/mol. The molecule has 2 fully saturated rings. The van der Waals surface area contributed by atoms with E-state index in [1.807, 2.05) is 36.5 Å². The van der Waals surface area contributed by atoms with Crippen LogP contribution in [0.2, 0.25) is 0 Å². The van der Waals surface area contributed by atoms with E-state index >= 15 is 0 Å². The summed E-state index contributed by atoms with van der Waals surface area (Å²) in [5, 5.41) is 6.69. The minimum Gasteiger partial charge on any atom is -0.456 e. The molecule has 0 saturated carbocycles. The molecule has 2 aromatic heterocycles. The van der Waals surface area contributed by atoms with Gasteiger partial charge in [-0.2, -0.15) is 0 Å². The van der Waals surface area contributed by atoms with Crippen LogP contribution >= 0.6 is 0 Å². The van der Waals surface area contributed by atoms with Gasteiger partial charge < -0.3 is 20.3 Å². The number of ether oxygens (including phenoxy) is 1. The molecule has 3 aromatic rings. The van der Waals surface area contributed by atoms with Gasteiger partial charge in [0.25, 0.3) is 0 Å². The molecule has 0 radical (unpaired) electrons. The topological polar surface area (TPSA) is 104 Å². The van der Waals surface area contributed by atoms with Gasteiger partial charge in [0.15, 0.2) is 5.65 Å². The number of nitrogens with two attached hydrogens (primary N) is 1. The number of anilines is 2. The third-order valence-electron chi connectivity index (χ3n) is 6.52. The molecule has 3 aliphatic heterocycles. The summed E-state index contributed by atoms with van der Waals surface area (Å²) >= 11 is 0. The van der Waals surface area contributed by atoms with Gasteiger partial charge >= 0.3 is 0 Å². The van der Waals surface area contributed by atoms with E-state index in [1.54, 1.807) is 0 Å². The van der Waals surface area contributed by atoms with Gasteiger partial charge in [0, 0.05) is 49.9 Å². The Kier molecular flexibility index (Phi) is 4.46. The first-order chi connectivity index (χ1) is 15.4. The molecular weight excluding hydrogens is 404 g/mol. The molecule has 1 atom stereocenters. The highest BCUT2D eigenvalue weighted by Crippen LogP contribution is 2.34. The minimum atomic E-state index is -0.508. The lowest BCUT2D eigenvalue weighted by Crippen LogP contribution is -2.67. The maximum atomic E-state index is 5.80. The van der Waals surface area contributed by atoms with Crippen LogP contribution in [-0.2, 0) is 0 Å². The van der Waals surface area contributed by atoms with Gasteiger partial charge in [0.2, 0.25) is 6.35 Å². The summed E-state index contributed by atoms with van der Waals surface area (Å²) in [6.45, 7) is 9.72. The molecule has 0 bridgehead atoms. The Balaban J connectivity index is 1.21. The van der Waals surface area contributed by atoms with E-state index in [9.17, 15) is 0 Å². The van der Waals surface area contributed by atoms with Crippen LogP contribution in [0.15, 0.2) is 36.5 Å². The molecule has 32 heavy (non-hydrogen) atoms. The molecule has 0 amide bonds. The van der Waals surface area contributed by atoms with Crippen molar-refractivity contribution in [3.05, 3.63) is 36.5 Å². The van der Waals surface area contributed by atoms with Crippen molar-refractivity contribution in [2.75, 3.05) is 42.9 Å². The van der Waals surface area contributed by atoms with Crippen LogP contribution in [-0.4, -0.2) is 70.5 Å². The van der Waals surface area contributed by atoms with Gasteiger partial charge in [-0.3, -0.25) is 10.6 Å². The van der Waals surface area contributed by atoms with Crippen LogP contribution in [0.3, 0.4) is 0 Å². The first kappa shape index (κ1) is 19.7. The lowest BCUT2D eigenvalue weighted by Gasteiger charge is -2.50. The highest BCUT2D eigenvalue weighted by molar-refractivity contribution is 5.78. The van der Waals surface area contributed by atoms with Gasteiger partial charge in [-0.05, 0) is 44.2 Å². The normalized spacial score (nSPS) is 22.8. The summed E-state index contributed by atoms with van der Waals surface area (Å²) in [7, 11) is 0. The molecule has 2 saturated heterocycles. The van der Waals surface area contributed by atoms with Crippen molar-refractivity contribution in [3.63, 3.8) is 0 Å². The second kappa shape index (κ2) is 7.26. The van der Waals surface area contributed by atoms with E-state index in [4.69, 9.17) is 20.4 Å². The van der Waals surface area contributed by atoms with E-state index < -0.39 is 6.35 Å². The van der Waals surface area contributed by atoms with E-state index in [1.165, 1.54) is 0 Å². The van der Waals surface area contributed by atoms with Crippen LogP contribution in [0.5, 0.6) is 5.75 Å². The third-order valence-corrected chi connectivity index (χ3v) is 6.52. The fourth-order valence-corrected chi connectivity index (χ4v) is 4.79. The fourth-order valence-electron chi connectivity index (χ4n) is 4.79. The number of nitrogens with one attached hydrogen (secondary N) is 2. The summed E-state index contributed by atoms with van der Waals surface area (Å²) in [5.41, 5.74) is 10.1. The van der Waals surface area contributed by atoms with Crippen molar-refractivity contribution in [2.45, 2.75) is 31.8 Å². The summed E-state index contributed by atoms with van der Waals surface area (Å²) < 4.78 is 5.50. The van der Waals surface area contributed by atoms with E-state index in [-0.39, 0.29) is 5.54 Å². The lowest BCUT2D eigenvalue weighted by atomic mass is 9.98. The number of hydrogen-bond donors (Lipinski definition) is 3. The van der Waals surface area contributed by atoms with Crippen molar-refractivity contribution in [3.8, 4) is 17.0 Å². The average molecular weight is 433 g/mol. The molecule has 9 heteroatoms. The molecule has 166 valence electrons. The van der Waals surface area contributed by atoms with Crippen molar-refractivity contribution in [1.82, 2.24) is 25.2 Å². The highest BCUT2D eigenvalue weighted by Gasteiger charge is 2.37. The number of fused-ring (bicyclic) bond motifs is 2. The molecule has 4 N–H and O–H groups in total. The van der Waals surface area contributed by atoms with Crippen LogP contribution in [0.1, 0.15) is 13.8 Å². The first-order valence-electron chi connectivity index (χ1n) is 11.1. The van der Waals surface area contributed by atoms with Crippen LogP contribution in [0, 0.1) is 0 Å². The van der Waals surface area contributed by atoms with Crippen molar-refractivity contribution >= 4 is 22.7 Å². The summed E-state index contributed by atoms with van der Waals surface area (Å²) in [5.74, 6) is 1.65. The molecule has 1 unspecified atom stereocenters. The largest absolute Gasteiger partial charge is 0.456 e. The second-order valence-corrected chi connectivity index (χ2v) is 9.50. The maximum absolute atomic E-state index is 5.80. The smallest absolute Gasteiger partial charge is 0.225 e. The molecule has 0 spiro atoms. The molecule has 6 rings (SSSR count). The minimum absolute atomic E-state index is 0.173. The van der Waals surface area contributed by atoms with Gasteiger partial charge in [-0.25, -0.2) is 15.0 Å². The Morgan fingerprint density at radius 3 is 2.88 bits per heavy atom. The number of rotatable bonds is 3. The zero-order chi connectivity index (χ0) is 21.9. The Hall–Kier alpha value is -3.01. The van der Waals surface area contributed by atoms with Gasteiger partial charge in [-0.15, -0.1) is 0 Å².